The molecular weight excluding hydrogens is 208 g/mol. The van der Waals surface area contributed by atoms with Gasteiger partial charge in [0.2, 0.25) is 0 Å². The molecule has 0 radical (unpaired) electrons. The van der Waals surface area contributed by atoms with Crippen molar-refractivity contribution >= 4 is 5.97 Å². The second kappa shape index (κ2) is 4.61. The average Bonchev–Trinajstić information content (AvgIpc) is 2.78. The van der Waals surface area contributed by atoms with E-state index in [0.29, 0.717) is 5.92 Å². The molecule has 16 heavy (non-hydrogen) atoms. The molecule has 1 aliphatic heterocycles. The maximum absolute atomic E-state index is 10.7. The molecule has 0 bridgehead atoms. The topological polar surface area (TPSA) is 80.0 Å². The number of aromatic nitrogens is 3. The van der Waals surface area contributed by atoms with Crippen molar-refractivity contribution in [1.29, 1.82) is 0 Å². The lowest BCUT2D eigenvalue weighted by Gasteiger charge is -2.27. The minimum absolute atomic E-state index is 0.00983. The minimum atomic E-state index is -1.03. The Kier molecular flexibility index (Phi) is 3.19. The predicted molar refractivity (Wildman–Crippen MR) is 57.3 cm³/mol. The number of rotatable bonds is 3. The highest BCUT2D eigenvalue weighted by molar-refractivity contribution is 5.84. The summed E-state index contributed by atoms with van der Waals surface area (Å²) < 4.78 is 1.65. The van der Waals surface area contributed by atoms with Crippen LogP contribution in [0.15, 0.2) is 6.20 Å². The molecule has 1 aliphatic rings. The second-order valence-corrected chi connectivity index (χ2v) is 4.24. The Hall–Kier alpha value is -1.43. The zero-order valence-electron chi connectivity index (χ0n) is 9.26. The molecule has 2 atom stereocenters. The van der Waals surface area contributed by atoms with Crippen LogP contribution in [0.2, 0.25) is 0 Å². The summed E-state index contributed by atoms with van der Waals surface area (Å²) in [5.41, 5.74) is 0.00983. The highest BCUT2D eigenvalue weighted by Crippen LogP contribution is 2.23. The molecule has 0 unspecified atom stereocenters. The van der Waals surface area contributed by atoms with Crippen molar-refractivity contribution in [2.75, 3.05) is 13.1 Å². The monoisotopic (exact) mass is 224 g/mol. The van der Waals surface area contributed by atoms with E-state index in [1.165, 1.54) is 6.20 Å². The van der Waals surface area contributed by atoms with E-state index in [0.717, 1.165) is 25.9 Å². The standard InChI is InChI=1S/C10H16N4O2/c1-7(8-3-2-4-11-5-8)14-6-9(10(15)16)12-13-14/h6-8,11H,2-5H2,1H3,(H,15,16)/t7-,8-/m1/s1. The van der Waals surface area contributed by atoms with Crippen LogP contribution in [0, 0.1) is 5.92 Å². The number of carbonyl (C=O) groups is 1. The summed E-state index contributed by atoms with van der Waals surface area (Å²) in [6.45, 7) is 4.09. The number of piperidine rings is 1. The molecule has 6 heteroatoms. The fourth-order valence-electron chi connectivity index (χ4n) is 2.08. The molecule has 0 amide bonds. The number of carboxylic acids is 1. The van der Waals surface area contributed by atoms with E-state index in [1.54, 1.807) is 4.68 Å². The molecular formula is C10H16N4O2. The van der Waals surface area contributed by atoms with Gasteiger partial charge in [-0.3, -0.25) is 0 Å². The first-order chi connectivity index (χ1) is 7.68. The van der Waals surface area contributed by atoms with Gasteiger partial charge >= 0.3 is 5.97 Å². The summed E-state index contributed by atoms with van der Waals surface area (Å²) in [5, 5.41) is 19.6. The van der Waals surface area contributed by atoms with E-state index in [-0.39, 0.29) is 11.7 Å². The molecule has 2 heterocycles. The lowest BCUT2D eigenvalue weighted by atomic mass is 9.93. The molecule has 0 aliphatic carbocycles. The van der Waals surface area contributed by atoms with Crippen molar-refractivity contribution in [3.05, 3.63) is 11.9 Å². The van der Waals surface area contributed by atoms with Crippen LogP contribution >= 0.6 is 0 Å². The van der Waals surface area contributed by atoms with E-state index < -0.39 is 5.97 Å². The Labute approximate surface area is 93.6 Å². The lowest BCUT2D eigenvalue weighted by Crippen LogP contribution is -2.34. The van der Waals surface area contributed by atoms with Crippen LogP contribution in [-0.4, -0.2) is 39.2 Å². The molecule has 2 rings (SSSR count). The van der Waals surface area contributed by atoms with Gasteiger partial charge in [0.1, 0.15) is 0 Å². The molecule has 1 aromatic heterocycles. The summed E-state index contributed by atoms with van der Waals surface area (Å²) in [7, 11) is 0. The molecule has 0 aromatic carbocycles. The summed E-state index contributed by atoms with van der Waals surface area (Å²) in [4.78, 5) is 10.7. The first kappa shape index (κ1) is 11.1. The van der Waals surface area contributed by atoms with E-state index in [1.807, 2.05) is 0 Å². The Morgan fingerprint density at radius 1 is 1.75 bits per heavy atom. The Morgan fingerprint density at radius 2 is 2.56 bits per heavy atom. The number of hydrogen-bond acceptors (Lipinski definition) is 4. The molecule has 1 saturated heterocycles. The Bertz CT molecular complexity index is 371. The van der Waals surface area contributed by atoms with Gasteiger partial charge in [0.15, 0.2) is 5.69 Å². The largest absolute Gasteiger partial charge is 0.476 e. The first-order valence-corrected chi connectivity index (χ1v) is 5.54. The van der Waals surface area contributed by atoms with Gasteiger partial charge < -0.3 is 10.4 Å². The van der Waals surface area contributed by atoms with E-state index in [4.69, 9.17) is 5.11 Å². The van der Waals surface area contributed by atoms with Crippen molar-refractivity contribution in [3.8, 4) is 0 Å². The maximum Gasteiger partial charge on any atom is 0.358 e. The van der Waals surface area contributed by atoms with Crippen molar-refractivity contribution in [3.63, 3.8) is 0 Å². The molecule has 6 nitrogen and oxygen atoms in total. The van der Waals surface area contributed by atoms with Crippen LogP contribution in [0.3, 0.4) is 0 Å². The van der Waals surface area contributed by atoms with Gasteiger partial charge in [-0.1, -0.05) is 5.21 Å². The zero-order valence-corrected chi connectivity index (χ0v) is 9.26. The van der Waals surface area contributed by atoms with Crippen LogP contribution in [-0.2, 0) is 0 Å². The Balaban J connectivity index is 2.07. The highest BCUT2D eigenvalue weighted by atomic mass is 16.4. The summed E-state index contributed by atoms with van der Waals surface area (Å²) in [6.07, 6.45) is 3.81. The predicted octanol–water partition coefficient (Wildman–Crippen LogP) is 0.537. The summed E-state index contributed by atoms with van der Waals surface area (Å²) >= 11 is 0. The van der Waals surface area contributed by atoms with Crippen LogP contribution in [0.5, 0.6) is 0 Å². The van der Waals surface area contributed by atoms with Crippen molar-refractivity contribution in [1.82, 2.24) is 20.3 Å². The van der Waals surface area contributed by atoms with Crippen molar-refractivity contribution in [2.45, 2.75) is 25.8 Å². The molecule has 88 valence electrons. The number of aromatic carboxylic acids is 1. The average molecular weight is 224 g/mol. The zero-order chi connectivity index (χ0) is 11.5. The molecule has 0 spiro atoms. The first-order valence-electron chi connectivity index (χ1n) is 5.54. The van der Waals surface area contributed by atoms with Crippen molar-refractivity contribution < 1.29 is 9.90 Å². The van der Waals surface area contributed by atoms with E-state index >= 15 is 0 Å². The fourth-order valence-corrected chi connectivity index (χ4v) is 2.08. The van der Waals surface area contributed by atoms with Gasteiger partial charge in [0.05, 0.1) is 12.2 Å². The molecule has 0 saturated carbocycles. The SMILES string of the molecule is C[C@H]([C@@H]1CCCNC1)n1cc(C(=O)O)nn1. The van der Waals surface area contributed by atoms with Crippen LogP contribution < -0.4 is 5.32 Å². The molecule has 1 fully saturated rings. The maximum atomic E-state index is 10.7. The van der Waals surface area contributed by atoms with Gasteiger partial charge in [0, 0.05) is 0 Å². The van der Waals surface area contributed by atoms with Crippen LogP contribution in [0.1, 0.15) is 36.3 Å². The normalized spacial score (nSPS) is 22.9. The number of nitrogens with one attached hydrogen (secondary N) is 1. The van der Waals surface area contributed by atoms with Crippen LogP contribution in [0.25, 0.3) is 0 Å². The van der Waals surface area contributed by atoms with Gasteiger partial charge in [-0.25, -0.2) is 9.48 Å². The second-order valence-electron chi connectivity index (χ2n) is 4.24. The smallest absolute Gasteiger partial charge is 0.358 e. The van der Waals surface area contributed by atoms with Gasteiger partial charge in [-0.15, -0.1) is 5.10 Å². The minimum Gasteiger partial charge on any atom is -0.476 e. The molecule has 1 aromatic rings. The van der Waals surface area contributed by atoms with Gasteiger partial charge in [-0.2, -0.15) is 0 Å². The quantitative estimate of drug-likeness (QED) is 0.783. The van der Waals surface area contributed by atoms with E-state index in [2.05, 4.69) is 22.6 Å². The summed E-state index contributed by atoms with van der Waals surface area (Å²) in [6, 6.07) is 0.188. The lowest BCUT2D eigenvalue weighted by molar-refractivity contribution is 0.0690. The van der Waals surface area contributed by atoms with Gasteiger partial charge in [-0.05, 0) is 38.8 Å². The molecule has 2 N–H and O–H groups in total. The van der Waals surface area contributed by atoms with Crippen LogP contribution in [0.4, 0.5) is 0 Å². The third kappa shape index (κ3) is 2.21. The number of hydrogen-bond donors (Lipinski definition) is 2. The number of nitrogens with zero attached hydrogens (tertiary/aromatic N) is 3. The van der Waals surface area contributed by atoms with E-state index in [9.17, 15) is 4.79 Å². The fraction of sp³-hybridized carbons (Fsp3) is 0.700. The third-order valence-electron chi connectivity index (χ3n) is 3.16. The Morgan fingerprint density at radius 3 is 3.12 bits per heavy atom. The third-order valence-corrected chi connectivity index (χ3v) is 3.16. The summed E-state index contributed by atoms with van der Waals surface area (Å²) in [5.74, 6) is -0.530. The van der Waals surface area contributed by atoms with Gasteiger partial charge in [0.25, 0.3) is 0 Å². The van der Waals surface area contributed by atoms with Crippen molar-refractivity contribution in [2.24, 2.45) is 5.92 Å². The number of carboxylic acid groups (broad SMARTS) is 1. The highest BCUT2D eigenvalue weighted by Gasteiger charge is 2.22.